The lowest BCUT2D eigenvalue weighted by molar-refractivity contribution is 1.28. The van der Waals surface area contributed by atoms with Crippen molar-refractivity contribution in [3.8, 4) is 0 Å². The number of hydrogen-bond acceptors (Lipinski definition) is 2. The highest BCUT2D eigenvalue weighted by Gasteiger charge is 1.95. The molecule has 1 heterocycles. The Hall–Kier alpha value is -0.710. The summed E-state index contributed by atoms with van der Waals surface area (Å²) in [5.74, 6) is 0. The molecular weight excluding hydrogens is 263 g/mol. The predicted molar refractivity (Wildman–Crippen MR) is 59.8 cm³/mol. The highest BCUT2D eigenvalue weighted by Crippen LogP contribution is 2.12. The Balaban J connectivity index is 3.14. The van der Waals surface area contributed by atoms with Crippen LogP contribution >= 0.6 is 22.6 Å². The van der Waals surface area contributed by atoms with Crippen molar-refractivity contribution in [2.45, 2.75) is 6.92 Å². The summed E-state index contributed by atoms with van der Waals surface area (Å²) in [4.78, 5) is 4.16. The minimum Gasteiger partial charge on any atom is -0.308 e. The SMILES string of the molecule is C/C(I)=C/c1ncccc1C=N. The zero-order valence-corrected chi connectivity index (χ0v) is 8.87. The van der Waals surface area contributed by atoms with E-state index in [0.717, 1.165) is 14.8 Å². The van der Waals surface area contributed by atoms with Crippen LogP contribution in [0, 0.1) is 5.41 Å². The minimum absolute atomic E-state index is 0.855. The molecule has 0 aliphatic rings. The molecule has 0 atom stereocenters. The molecule has 3 heteroatoms. The molecule has 0 saturated heterocycles. The molecule has 62 valence electrons. The van der Waals surface area contributed by atoms with Crippen LogP contribution < -0.4 is 0 Å². The summed E-state index contributed by atoms with van der Waals surface area (Å²) in [5, 5.41) is 7.13. The van der Waals surface area contributed by atoms with Crippen molar-refractivity contribution in [3.63, 3.8) is 0 Å². The van der Waals surface area contributed by atoms with Crippen LogP contribution in [0.4, 0.5) is 0 Å². The van der Waals surface area contributed by atoms with Gasteiger partial charge in [-0.25, -0.2) is 0 Å². The first-order chi connectivity index (χ1) is 5.74. The third kappa shape index (κ3) is 2.41. The van der Waals surface area contributed by atoms with Gasteiger partial charge in [0.2, 0.25) is 0 Å². The Bertz CT molecular complexity index is 314. The van der Waals surface area contributed by atoms with Gasteiger partial charge in [-0.2, -0.15) is 0 Å². The molecule has 0 unspecified atom stereocenters. The largest absolute Gasteiger partial charge is 0.308 e. The van der Waals surface area contributed by atoms with E-state index < -0.39 is 0 Å². The molecule has 2 nitrogen and oxygen atoms in total. The van der Waals surface area contributed by atoms with E-state index in [-0.39, 0.29) is 0 Å². The third-order valence-corrected chi connectivity index (χ3v) is 1.67. The van der Waals surface area contributed by atoms with Crippen molar-refractivity contribution < 1.29 is 0 Å². The smallest absolute Gasteiger partial charge is 0.0724 e. The Morgan fingerprint density at radius 1 is 1.67 bits per heavy atom. The monoisotopic (exact) mass is 272 g/mol. The highest BCUT2D eigenvalue weighted by molar-refractivity contribution is 14.1. The van der Waals surface area contributed by atoms with Crippen molar-refractivity contribution in [2.75, 3.05) is 0 Å². The van der Waals surface area contributed by atoms with Crippen LogP contribution in [0.5, 0.6) is 0 Å². The van der Waals surface area contributed by atoms with Gasteiger partial charge in [0.05, 0.1) is 5.69 Å². The summed E-state index contributed by atoms with van der Waals surface area (Å²) in [6.07, 6.45) is 5.01. The fourth-order valence-electron chi connectivity index (χ4n) is 0.861. The van der Waals surface area contributed by atoms with Crippen molar-refractivity contribution in [1.82, 2.24) is 4.98 Å². The number of rotatable bonds is 2. The Kier molecular flexibility index (Phi) is 3.40. The lowest BCUT2D eigenvalue weighted by Crippen LogP contribution is -1.88. The first kappa shape index (κ1) is 9.38. The molecule has 1 aromatic rings. The van der Waals surface area contributed by atoms with Gasteiger partial charge in [-0.1, -0.05) is 0 Å². The summed E-state index contributed by atoms with van der Waals surface area (Å²) < 4.78 is 1.16. The number of aromatic nitrogens is 1. The van der Waals surface area contributed by atoms with Gasteiger partial charge in [0, 0.05) is 18.0 Å². The molecular formula is C9H9IN2. The maximum absolute atomic E-state index is 7.13. The van der Waals surface area contributed by atoms with E-state index in [9.17, 15) is 0 Å². The molecule has 1 N–H and O–H groups in total. The molecule has 0 aliphatic heterocycles. The number of allylic oxidation sites excluding steroid dienone is 1. The van der Waals surface area contributed by atoms with E-state index in [1.54, 1.807) is 6.20 Å². The minimum atomic E-state index is 0.855. The molecule has 0 bridgehead atoms. The predicted octanol–water partition coefficient (Wildman–Crippen LogP) is 2.88. The maximum atomic E-state index is 7.13. The van der Waals surface area contributed by atoms with Crippen LogP contribution in [-0.2, 0) is 0 Å². The van der Waals surface area contributed by atoms with E-state index in [4.69, 9.17) is 5.41 Å². The van der Waals surface area contributed by atoms with Crippen LogP contribution in [-0.4, -0.2) is 11.2 Å². The van der Waals surface area contributed by atoms with Crippen LogP contribution in [0.1, 0.15) is 18.2 Å². The number of nitrogens with one attached hydrogen (secondary N) is 1. The zero-order chi connectivity index (χ0) is 8.97. The molecule has 1 rings (SSSR count). The topological polar surface area (TPSA) is 36.7 Å². The number of pyridine rings is 1. The molecule has 0 fully saturated rings. The lowest BCUT2D eigenvalue weighted by atomic mass is 10.2. The Morgan fingerprint density at radius 2 is 2.42 bits per heavy atom. The van der Waals surface area contributed by atoms with Crippen molar-refractivity contribution in [3.05, 3.63) is 33.2 Å². The molecule has 0 aliphatic carbocycles. The molecule has 0 aromatic carbocycles. The van der Waals surface area contributed by atoms with Gasteiger partial charge in [-0.05, 0) is 51.3 Å². The molecule has 0 amide bonds. The maximum Gasteiger partial charge on any atom is 0.0724 e. The van der Waals surface area contributed by atoms with E-state index in [0.29, 0.717) is 0 Å². The summed E-state index contributed by atoms with van der Waals surface area (Å²) >= 11 is 2.22. The van der Waals surface area contributed by atoms with Crippen molar-refractivity contribution in [2.24, 2.45) is 0 Å². The Labute approximate surface area is 85.4 Å². The van der Waals surface area contributed by atoms with E-state index in [1.807, 2.05) is 25.1 Å². The van der Waals surface area contributed by atoms with Gasteiger partial charge in [-0.15, -0.1) is 0 Å². The highest BCUT2D eigenvalue weighted by atomic mass is 127. The number of halogens is 1. The van der Waals surface area contributed by atoms with Crippen molar-refractivity contribution >= 4 is 34.9 Å². The van der Waals surface area contributed by atoms with Crippen molar-refractivity contribution in [1.29, 1.82) is 5.41 Å². The second-order valence-corrected chi connectivity index (χ2v) is 4.05. The molecule has 0 radical (unpaired) electrons. The van der Waals surface area contributed by atoms with E-state index >= 15 is 0 Å². The van der Waals surface area contributed by atoms with Gasteiger partial charge >= 0.3 is 0 Å². The first-order valence-electron chi connectivity index (χ1n) is 3.53. The number of nitrogens with zero attached hydrogens (tertiary/aromatic N) is 1. The van der Waals surface area contributed by atoms with Gasteiger partial charge in [-0.3, -0.25) is 4.98 Å². The Morgan fingerprint density at radius 3 is 3.00 bits per heavy atom. The van der Waals surface area contributed by atoms with Crippen LogP contribution in [0.2, 0.25) is 0 Å². The summed E-state index contributed by atoms with van der Waals surface area (Å²) in [6, 6.07) is 3.71. The van der Waals surface area contributed by atoms with Crippen LogP contribution in [0.3, 0.4) is 0 Å². The third-order valence-electron chi connectivity index (χ3n) is 1.36. The fourth-order valence-corrected chi connectivity index (χ4v) is 1.16. The standard InChI is InChI=1S/C9H9IN2/c1-7(10)5-9-8(6-11)3-2-4-12-9/h2-6,11H,1H3/b7-5-,11-6?. The second kappa shape index (κ2) is 4.35. The second-order valence-electron chi connectivity index (χ2n) is 2.35. The summed E-state index contributed by atoms with van der Waals surface area (Å²) in [7, 11) is 0. The zero-order valence-electron chi connectivity index (χ0n) is 6.71. The van der Waals surface area contributed by atoms with Crippen LogP contribution in [0.25, 0.3) is 6.08 Å². The molecule has 0 spiro atoms. The summed E-state index contributed by atoms with van der Waals surface area (Å²) in [6.45, 7) is 2.00. The molecule has 1 aromatic heterocycles. The van der Waals surface area contributed by atoms with Gasteiger partial charge in [0.15, 0.2) is 0 Å². The number of hydrogen-bond donors (Lipinski definition) is 1. The summed E-state index contributed by atoms with van der Waals surface area (Å²) in [5.41, 5.74) is 1.72. The lowest BCUT2D eigenvalue weighted by Gasteiger charge is -1.97. The average Bonchev–Trinajstić information content (AvgIpc) is 2.04. The normalized spacial score (nSPS) is 11.3. The fraction of sp³-hybridized carbons (Fsp3) is 0.111. The van der Waals surface area contributed by atoms with Gasteiger partial charge < -0.3 is 5.41 Å². The van der Waals surface area contributed by atoms with E-state index in [1.165, 1.54) is 6.21 Å². The average molecular weight is 272 g/mol. The quantitative estimate of drug-likeness (QED) is 0.652. The molecule has 0 saturated carbocycles. The van der Waals surface area contributed by atoms with Gasteiger partial charge in [0.1, 0.15) is 0 Å². The molecule has 12 heavy (non-hydrogen) atoms. The van der Waals surface area contributed by atoms with E-state index in [2.05, 4.69) is 27.6 Å². The first-order valence-corrected chi connectivity index (χ1v) is 4.61. The van der Waals surface area contributed by atoms with Crippen LogP contribution in [0.15, 0.2) is 21.9 Å². The van der Waals surface area contributed by atoms with Gasteiger partial charge in [0.25, 0.3) is 0 Å².